The molecule has 38 heavy (non-hydrogen) atoms. The number of esters is 1. The second-order valence-corrected chi connectivity index (χ2v) is 12.7. The smallest absolute Gasteiger partial charge is 0.307 e. The van der Waals surface area contributed by atoms with E-state index in [9.17, 15) is 26.4 Å². The summed E-state index contributed by atoms with van der Waals surface area (Å²) in [4.78, 5) is 29.4. The van der Waals surface area contributed by atoms with E-state index in [-0.39, 0.29) is 52.8 Å². The maximum Gasteiger partial charge on any atom is 0.307 e. The lowest BCUT2D eigenvalue weighted by atomic mass is 10.2. The molecule has 0 aliphatic carbocycles. The van der Waals surface area contributed by atoms with Gasteiger partial charge >= 0.3 is 5.97 Å². The van der Waals surface area contributed by atoms with Crippen molar-refractivity contribution < 1.29 is 35.9 Å². The number of aryl methyl sites for hydroxylation is 1. The third-order valence-corrected chi connectivity index (χ3v) is 9.60. The Morgan fingerprint density at radius 3 is 2.34 bits per heavy atom. The molecular weight excluding hydrogens is 556 g/mol. The zero-order valence-corrected chi connectivity index (χ0v) is 22.9. The topological polar surface area (TPSA) is 167 Å². The van der Waals surface area contributed by atoms with Gasteiger partial charge in [0.2, 0.25) is 20.0 Å². The second kappa shape index (κ2) is 11.4. The second-order valence-electron chi connectivity index (χ2n) is 8.22. The third kappa shape index (κ3) is 6.19. The van der Waals surface area contributed by atoms with Crippen molar-refractivity contribution in [3.63, 3.8) is 0 Å². The summed E-state index contributed by atoms with van der Waals surface area (Å²) in [6.07, 6.45) is 0.00604. The number of amides is 1. The summed E-state index contributed by atoms with van der Waals surface area (Å²) in [5, 5.41) is 5.25. The number of carbonyl (C=O) groups is 2. The first kappa shape index (κ1) is 28.1. The summed E-state index contributed by atoms with van der Waals surface area (Å²) in [7, 11) is -7.67. The fourth-order valence-electron chi connectivity index (χ4n) is 3.83. The number of benzene rings is 2. The van der Waals surface area contributed by atoms with E-state index in [1.165, 1.54) is 46.8 Å². The Kier molecular flexibility index (Phi) is 8.44. The molecule has 0 saturated carbocycles. The molecule has 2 aromatic carbocycles. The van der Waals surface area contributed by atoms with Crippen LogP contribution < -0.4 is 9.94 Å². The van der Waals surface area contributed by atoms with Gasteiger partial charge in [-0.2, -0.15) is 9.30 Å². The first-order valence-electron chi connectivity index (χ1n) is 11.6. The minimum Gasteiger partial charge on any atom is -0.466 e. The van der Waals surface area contributed by atoms with Crippen LogP contribution in [0.2, 0.25) is 0 Å². The first-order chi connectivity index (χ1) is 18.0. The highest BCUT2D eigenvalue weighted by Gasteiger charge is 2.26. The van der Waals surface area contributed by atoms with Crippen LogP contribution in [0.25, 0.3) is 10.2 Å². The van der Waals surface area contributed by atoms with E-state index in [4.69, 9.17) is 14.6 Å². The monoisotopic (exact) mass is 582 g/mol. The molecule has 15 heteroatoms. The standard InChI is InChI=1S/C23H26N4O8S3/c1-2-35-21(28)9-10-27-19-8-7-18(37(24,30)31)15-20(19)36-23(27)25-22(29)16-3-5-17(6-4-16)38(32,33)26-11-13-34-14-12-26/h3-8,15H,2,9-14H2,1H3,(H2,24,30,31). The van der Waals surface area contributed by atoms with Gasteiger partial charge in [-0.3, -0.25) is 9.59 Å². The molecule has 0 spiro atoms. The fraction of sp³-hybridized carbons (Fsp3) is 0.348. The largest absolute Gasteiger partial charge is 0.466 e. The Labute approximate surface area is 223 Å². The molecule has 0 radical (unpaired) electrons. The molecule has 0 bridgehead atoms. The molecule has 1 aliphatic rings. The fourth-order valence-corrected chi connectivity index (χ4v) is 6.94. The molecule has 1 aliphatic heterocycles. The van der Waals surface area contributed by atoms with Crippen molar-refractivity contribution in [2.45, 2.75) is 29.7 Å². The van der Waals surface area contributed by atoms with Crippen LogP contribution in [0.15, 0.2) is 57.2 Å². The van der Waals surface area contributed by atoms with Gasteiger partial charge in [0, 0.05) is 25.2 Å². The van der Waals surface area contributed by atoms with Crippen LogP contribution in [-0.2, 0) is 40.9 Å². The number of aromatic nitrogens is 1. The molecule has 4 rings (SSSR count). The third-order valence-electron chi connectivity index (χ3n) is 5.73. The zero-order valence-electron chi connectivity index (χ0n) is 20.4. The molecule has 3 aromatic rings. The van der Waals surface area contributed by atoms with Gasteiger partial charge in [-0.15, -0.1) is 0 Å². The number of ether oxygens (including phenoxy) is 2. The summed E-state index contributed by atoms with van der Waals surface area (Å²) in [5.41, 5.74) is 0.718. The minimum absolute atomic E-state index is 0.00604. The predicted molar refractivity (Wildman–Crippen MR) is 138 cm³/mol. The highest BCUT2D eigenvalue weighted by Crippen LogP contribution is 2.22. The van der Waals surface area contributed by atoms with Gasteiger partial charge in [-0.25, -0.2) is 22.0 Å². The molecule has 0 unspecified atom stereocenters. The van der Waals surface area contributed by atoms with Crippen molar-refractivity contribution in [3.05, 3.63) is 52.8 Å². The van der Waals surface area contributed by atoms with Crippen LogP contribution in [0.1, 0.15) is 23.7 Å². The van der Waals surface area contributed by atoms with Crippen LogP contribution in [0.3, 0.4) is 0 Å². The Hall–Kier alpha value is -2.95. The van der Waals surface area contributed by atoms with E-state index in [0.717, 1.165) is 11.3 Å². The highest BCUT2D eigenvalue weighted by molar-refractivity contribution is 7.89. The van der Waals surface area contributed by atoms with Crippen molar-refractivity contribution in [1.82, 2.24) is 8.87 Å². The Morgan fingerprint density at radius 1 is 1.05 bits per heavy atom. The van der Waals surface area contributed by atoms with Gasteiger partial charge in [-0.1, -0.05) is 11.3 Å². The molecule has 12 nitrogen and oxygen atoms in total. The molecule has 2 heterocycles. The van der Waals surface area contributed by atoms with Crippen LogP contribution in [0, 0.1) is 0 Å². The highest BCUT2D eigenvalue weighted by atomic mass is 32.2. The van der Waals surface area contributed by atoms with E-state index in [0.29, 0.717) is 23.4 Å². The number of hydrogen-bond acceptors (Lipinski definition) is 9. The summed E-state index contributed by atoms with van der Waals surface area (Å²) in [6.45, 7) is 3.19. The van der Waals surface area contributed by atoms with Crippen molar-refractivity contribution in [2.75, 3.05) is 32.9 Å². The average molecular weight is 583 g/mol. The van der Waals surface area contributed by atoms with Crippen molar-refractivity contribution in [1.29, 1.82) is 0 Å². The molecular formula is C23H26N4O8S3. The number of nitrogens with zero attached hydrogens (tertiary/aromatic N) is 3. The summed E-state index contributed by atoms with van der Waals surface area (Å²) < 4.78 is 62.9. The lowest BCUT2D eigenvalue weighted by molar-refractivity contribution is -0.143. The number of morpholine rings is 1. The molecule has 0 atom stereocenters. The number of sulfonamides is 2. The van der Waals surface area contributed by atoms with Crippen LogP contribution >= 0.6 is 11.3 Å². The van der Waals surface area contributed by atoms with Crippen LogP contribution in [0.4, 0.5) is 0 Å². The number of rotatable bonds is 8. The molecule has 1 aromatic heterocycles. The predicted octanol–water partition coefficient (Wildman–Crippen LogP) is 1.07. The normalized spacial score (nSPS) is 15.6. The number of hydrogen-bond donors (Lipinski definition) is 1. The number of carbonyl (C=O) groups excluding carboxylic acids is 2. The summed E-state index contributed by atoms with van der Waals surface area (Å²) in [5.74, 6) is -1.07. The molecule has 1 amide bonds. The molecule has 1 saturated heterocycles. The quantitative estimate of drug-likeness (QED) is 0.385. The van der Waals surface area contributed by atoms with Gasteiger partial charge in [0.05, 0.1) is 46.2 Å². The van der Waals surface area contributed by atoms with E-state index >= 15 is 0 Å². The first-order valence-corrected chi connectivity index (χ1v) is 15.4. The van der Waals surface area contributed by atoms with Gasteiger partial charge in [0.1, 0.15) is 0 Å². The van der Waals surface area contributed by atoms with E-state index < -0.39 is 31.9 Å². The van der Waals surface area contributed by atoms with E-state index in [1.807, 2.05) is 0 Å². The maximum absolute atomic E-state index is 13.0. The number of fused-ring (bicyclic) bond motifs is 1. The Balaban J connectivity index is 1.68. The van der Waals surface area contributed by atoms with Gasteiger partial charge in [0.15, 0.2) is 4.80 Å². The molecule has 1 fully saturated rings. The maximum atomic E-state index is 13.0. The van der Waals surface area contributed by atoms with E-state index in [2.05, 4.69) is 4.99 Å². The lowest BCUT2D eigenvalue weighted by Gasteiger charge is -2.26. The molecule has 204 valence electrons. The van der Waals surface area contributed by atoms with Crippen LogP contribution in [-0.4, -0.2) is 70.5 Å². The number of primary sulfonamides is 1. The van der Waals surface area contributed by atoms with Crippen molar-refractivity contribution >= 4 is 53.5 Å². The van der Waals surface area contributed by atoms with Gasteiger partial charge < -0.3 is 14.0 Å². The van der Waals surface area contributed by atoms with Crippen molar-refractivity contribution in [3.8, 4) is 0 Å². The molecule has 2 N–H and O–H groups in total. The van der Waals surface area contributed by atoms with Gasteiger partial charge in [-0.05, 0) is 49.4 Å². The Bertz CT molecular complexity index is 1640. The number of thiazole rings is 1. The summed E-state index contributed by atoms with van der Waals surface area (Å²) in [6, 6.07) is 9.72. The van der Waals surface area contributed by atoms with Crippen molar-refractivity contribution in [2.24, 2.45) is 10.1 Å². The minimum atomic E-state index is -3.96. The van der Waals surface area contributed by atoms with Gasteiger partial charge in [0.25, 0.3) is 5.91 Å². The lowest BCUT2D eigenvalue weighted by Crippen LogP contribution is -2.40. The SMILES string of the molecule is CCOC(=O)CCn1c(=NC(=O)c2ccc(S(=O)(=O)N3CCOCC3)cc2)sc2cc(S(N)(=O)=O)ccc21. The number of nitrogens with two attached hydrogens (primary N) is 1. The summed E-state index contributed by atoms with van der Waals surface area (Å²) >= 11 is 1.06. The zero-order chi connectivity index (χ0) is 27.5. The van der Waals surface area contributed by atoms with E-state index in [1.54, 1.807) is 11.5 Å². The van der Waals surface area contributed by atoms with Crippen LogP contribution in [0.5, 0.6) is 0 Å². The average Bonchev–Trinajstić information content (AvgIpc) is 3.23. The Morgan fingerprint density at radius 2 is 1.71 bits per heavy atom.